The molecule has 0 fully saturated rings. The van der Waals surface area contributed by atoms with Gasteiger partial charge in [0, 0.05) is 18.6 Å². The number of rotatable bonds is 6. The van der Waals surface area contributed by atoms with Crippen molar-refractivity contribution in [2.45, 2.75) is 39.3 Å². The molecule has 1 aromatic carbocycles. The zero-order valence-corrected chi connectivity index (χ0v) is 13.9. The van der Waals surface area contributed by atoms with Crippen LogP contribution in [-0.2, 0) is 7.05 Å². The number of hydrogen-bond donors (Lipinski definition) is 2. The Morgan fingerprint density at radius 1 is 1.33 bits per heavy atom. The van der Waals surface area contributed by atoms with Crippen molar-refractivity contribution in [3.63, 3.8) is 0 Å². The Balaban J connectivity index is 2.09. The van der Waals surface area contributed by atoms with Crippen LogP contribution in [0.4, 0.5) is 0 Å². The molecular weight excluding hydrogens is 286 g/mol. The molecule has 1 heterocycles. The van der Waals surface area contributed by atoms with Crippen molar-refractivity contribution in [3.05, 3.63) is 29.0 Å². The van der Waals surface area contributed by atoms with Gasteiger partial charge in [-0.1, -0.05) is 25.4 Å². The Morgan fingerprint density at radius 3 is 2.71 bits per heavy atom. The fraction of sp³-hybridized carbons (Fsp3) is 0.562. The SMILES string of the molecule is CC(C)CC(O)CNC(C)c1nc2ccc(Cl)cc2n1C. The van der Waals surface area contributed by atoms with Gasteiger partial charge in [-0.3, -0.25) is 0 Å². The van der Waals surface area contributed by atoms with Gasteiger partial charge in [-0.05, 0) is 37.5 Å². The Morgan fingerprint density at radius 2 is 2.05 bits per heavy atom. The van der Waals surface area contributed by atoms with Crippen LogP contribution in [0.1, 0.15) is 39.1 Å². The predicted molar refractivity (Wildman–Crippen MR) is 87.6 cm³/mol. The third-order valence-corrected chi connectivity index (χ3v) is 3.90. The molecule has 2 N–H and O–H groups in total. The van der Waals surface area contributed by atoms with Crippen LogP contribution < -0.4 is 5.32 Å². The molecule has 2 aromatic rings. The second-order valence-electron chi connectivity index (χ2n) is 6.08. The number of nitrogens with zero attached hydrogens (tertiary/aromatic N) is 2. The number of nitrogens with one attached hydrogen (secondary N) is 1. The van der Waals surface area contributed by atoms with Gasteiger partial charge < -0.3 is 15.0 Å². The number of imidazole rings is 1. The maximum atomic E-state index is 9.95. The first-order valence-corrected chi connectivity index (χ1v) is 7.79. The molecule has 2 rings (SSSR count). The minimum atomic E-state index is -0.323. The quantitative estimate of drug-likeness (QED) is 0.861. The molecule has 0 aliphatic rings. The van der Waals surface area contributed by atoms with Crippen molar-refractivity contribution in [2.75, 3.05) is 6.54 Å². The molecule has 0 bridgehead atoms. The van der Waals surface area contributed by atoms with Crippen LogP contribution in [-0.4, -0.2) is 27.3 Å². The zero-order valence-electron chi connectivity index (χ0n) is 13.1. The topological polar surface area (TPSA) is 50.1 Å². The Hall–Kier alpha value is -1.10. The number of hydrogen-bond acceptors (Lipinski definition) is 3. The molecule has 1 aromatic heterocycles. The molecule has 2 atom stereocenters. The summed E-state index contributed by atoms with van der Waals surface area (Å²) in [4.78, 5) is 4.65. The van der Waals surface area contributed by atoms with Crippen LogP contribution in [0, 0.1) is 5.92 Å². The smallest absolute Gasteiger partial charge is 0.126 e. The van der Waals surface area contributed by atoms with Crippen LogP contribution in [0.15, 0.2) is 18.2 Å². The second kappa shape index (κ2) is 6.77. The van der Waals surface area contributed by atoms with Crippen molar-refractivity contribution in [3.8, 4) is 0 Å². The minimum absolute atomic E-state index is 0.0722. The number of aryl methyl sites for hydroxylation is 1. The van der Waals surface area contributed by atoms with E-state index in [1.54, 1.807) is 0 Å². The zero-order chi connectivity index (χ0) is 15.6. The summed E-state index contributed by atoms with van der Waals surface area (Å²) in [6.45, 7) is 6.86. The second-order valence-corrected chi connectivity index (χ2v) is 6.51. The summed E-state index contributed by atoms with van der Waals surface area (Å²) in [6.07, 6.45) is 0.481. The largest absolute Gasteiger partial charge is 0.392 e. The fourth-order valence-corrected chi connectivity index (χ4v) is 2.77. The molecule has 0 aliphatic carbocycles. The van der Waals surface area contributed by atoms with E-state index >= 15 is 0 Å². The van der Waals surface area contributed by atoms with Crippen LogP contribution >= 0.6 is 11.6 Å². The van der Waals surface area contributed by atoms with E-state index in [-0.39, 0.29) is 12.1 Å². The Labute approximate surface area is 131 Å². The average Bonchev–Trinajstić information content (AvgIpc) is 2.73. The van der Waals surface area contributed by atoms with Gasteiger partial charge in [0.2, 0.25) is 0 Å². The van der Waals surface area contributed by atoms with Gasteiger partial charge in [-0.15, -0.1) is 0 Å². The van der Waals surface area contributed by atoms with Crippen molar-refractivity contribution >= 4 is 22.6 Å². The van der Waals surface area contributed by atoms with Crippen molar-refractivity contribution in [1.29, 1.82) is 0 Å². The molecular formula is C16H24ClN3O. The highest BCUT2D eigenvalue weighted by Gasteiger charge is 2.16. The summed E-state index contributed by atoms with van der Waals surface area (Å²) in [5.41, 5.74) is 1.96. The lowest BCUT2D eigenvalue weighted by Crippen LogP contribution is -2.31. The van der Waals surface area contributed by atoms with Crippen molar-refractivity contribution in [2.24, 2.45) is 13.0 Å². The van der Waals surface area contributed by atoms with Crippen molar-refractivity contribution < 1.29 is 5.11 Å². The summed E-state index contributed by atoms with van der Waals surface area (Å²) >= 11 is 6.04. The van der Waals surface area contributed by atoms with E-state index in [1.807, 2.05) is 29.8 Å². The first kappa shape index (κ1) is 16.3. The summed E-state index contributed by atoms with van der Waals surface area (Å²) in [6, 6.07) is 5.78. The first-order valence-electron chi connectivity index (χ1n) is 7.41. The van der Waals surface area contributed by atoms with Gasteiger partial charge in [-0.25, -0.2) is 4.98 Å². The molecule has 4 nitrogen and oxygen atoms in total. The number of aliphatic hydroxyl groups is 1. The van der Waals surface area contributed by atoms with Gasteiger partial charge in [-0.2, -0.15) is 0 Å². The average molecular weight is 310 g/mol. The third-order valence-electron chi connectivity index (χ3n) is 3.67. The van der Waals surface area contributed by atoms with Gasteiger partial charge in [0.15, 0.2) is 0 Å². The van der Waals surface area contributed by atoms with E-state index in [2.05, 4.69) is 31.1 Å². The highest BCUT2D eigenvalue weighted by molar-refractivity contribution is 6.31. The number of aromatic nitrogens is 2. The number of aliphatic hydroxyl groups excluding tert-OH is 1. The highest BCUT2D eigenvalue weighted by atomic mass is 35.5. The Bertz CT molecular complexity index is 609. The monoisotopic (exact) mass is 309 g/mol. The lowest BCUT2D eigenvalue weighted by Gasteiger charge is -2.18. The molecule has 5 heteroatoms. The normalized spacial score (nSPS) is 14.8. The first-order chi connectivity index (χ1) is 9.88. The number of fused-ring (bicyclic) bond motifs is 1. The Kier molecular flexibility index (Phi) is 5.25. The standard InChI is InChI=1S/C16H24ClN3O/c1-10(2)7-13(21)9-18-11(3)16-19-14-6-5-12(17)8-15(14)20(16)4/h5-6,8,10-11,13,18,21H,7,9H2,1-4H3. The minimum Gasteiger partial charge on any atom is -0.392 e. The van der Waals surface area contributed by atoms with E-state index in [1.165, 1.54) is 0 Å². The van der Waals surface area contributed by atoms with Crippen molar-refractivity contribution in [1.82, 2.24) is 14.9 Å². The lowest BCUT2D eigenvalue weighted by atomic mass is 10.1. The highest BCUT2D eigenvalue weighted by Crippen LogP contribution is 2.22. The molecule has 21 heavy (non-hydrogen) atoms. The maximum absolute atomic E-state index is 9.95. The molecule has 0 saturated heterocycles. The summed E-state index contributed by atoms with van der Waals surface area (Å²) < 4.78 is 2.05. The summed E-state index contributed by atoms with van der Waals surface area (Å²) in [5, 5.41) is 14.0. The fourth-order valence-electron chi connectivity index (χ4n) is 2.60. The lowest BCUT2D eigenvalue weighted by molar-refractivity contribution is 0.142. The van der Waals surface area contributed by atoms with E-state index in [4.69, 9.17) is 11.6 Å². The van der Waals surface area contributed by atoms with E-state index < -0.39 is 0 Å². The van der Waals surface area contributed by atoms with Gasteiger partial charge in [0.1, 0.15) is 5.82 Å². The van der Waals surface area contributed by atoms with Crippen LogP contribution in [0.5, 0.6) is 0 Å². The van der Waals surface area contributed by atoms with Gasteiger partial charge >= 0.3 is 0 Å². The summed E-state index contributed by atoms with van der Waals surface area (Å²) in [7, 11) is 1.99. The molecule has 0 spiro atoms. The van der Waals surface area contributed by atoms with Crippen LogP contribution in [0.25, 0.3) is 11.0 Å². The van der Waals surface area contributed by atoms with E-state index in [0.29, 0.717) is 17.5 Å². The van der Waals surface area contributed by atoms with Crippen LogP contribution in [0.2, 0.25) is 5.02 Å². The van der Waals surface area contributed by atoms with E-state index in [0.717, 1.165) is 23.3 Å². The summed E-state index contributed by atoms with van der Waals surface area (Å²) in [5.74, 6) is 1.44. The molecule has 116 valence electrons. The predicted octanol–water partition coefficient (Wildman–Crippen LogP) is 3.28. The maximum Gasteiger partial charge on any atom is 0.126 e. The van der Waals surface area contributed by atoms with E-state index in [9.17, 15) is 5.11 Å². The number of halogens is 1. The number of benzene rings is 1. The third kappa shape index (κ3) is 3.96. The van der Waals surface area contributed by atoms with Gasteiger partial charge in [0.05, 0.1) is 23.2 Å². The van der Waals surface area contributed by atoms with Gasteiger partial charge in [0.25, 0.3) is 0 Å². The molecule has 0 saturated carbocycles. The molecule has 0 radical (unpaired) electrons. The molecule has 0 amide bonds. The molecule has 0 aliphatic heterocycles. The van der Waals surface area contributed by atoms with Crippen LogP contribution in [0.3, 0.4) is 0 Å². The molecule has 2 unspecified atom stereocenters.